The largest absolute Gasteiger partial charge is 0.480 e. The first-order valence-electron chi connectivity index (χ1n) is 11.8. The summed E-state index contributed by atoms with van der Waals surface area (Å²) in [4.78, 5) is 36.9. The summed E-state index contributed by atoms with van der Waals surface area (Å²) in [7, 11) is -4.12. The number of rotatable bonds is 13. The molecule has 0 saturated carbocycles. The summed E-state index contributed by atoms with van der Waals surface area (Å²) in [6.45, 7) is 5.52. The van der Waals surface area contributed by atoms with Gasteiger partial charge in [0.25, 0.3) is 0 Å². The molecule has 2 aromatic rings. The predicted molar refractivity (Wildman–Crippen MR) is 133 cm³/mol. The SMILES string of the molecule is Cc1cc(C)c(S(=O)(=O)N[C@@H](CNC(=O)C2CC(CCCCNc3ncc[nH]3)ON2)C(=O)O)c(C)c1. The highest BCUT2D eigenvalue weighted by Crippen LogP contribution is 2.22. The number of aromatic nitrogens is 2. The van der Waals surface area contributed by atoms with Crippen LogP contribution in [0.5, 0.6) is 0 Å². The van der Waals surface area contributed by atoms with Crippen LogP contribution in [-0.4, -0.2) is 66.6 Å². The van der Waals surface area contributed by atoms with E-state index in [1.165, 1.54) is 0 Å². The standard InChI is InChI=1S/C23H34N6O6S/c1-14-10-15(2)20(16(3)11-14)36(33,34)29-19(22(31)32)13-27-21(30)18-12-17(35-28-18)6-4-5-7-24-23-25-8-9-26-23/h8-11,17-19,28-29H,4-7,12-13H2,1-3H3,(H,27,30)(H,31,32)(H2,24,25,26)/t17?,18?,19-/m0/s1. The molecule has 0 bridgehead atoms. The van der Waals surface area contributed by atoms with E-state index in [2.05, 4.69) is 30.8 Å². The van der Waals surface area contributed by atoms with E-state index in [1.54, 1.807) is 38.4 Å². The Morgan fingerprint density at radius 2 is 1.94 bits per heavy atom. The van der Waals surface area contributed by atoms with E-state index < -0.39 is 40.5 Å². The summed E-state index contributed by atoms with van der Waals surface area (Å²) in [5, 5.41) is 15.2. The molecule has 3 rings (SSSR count). The second-order valence-corrected chi connectivity index (χ2v) is 10.6. The van der Waals surface area contributed by atoms with Gasteiger partial charge in [0.05, 0.1) is 11.0 Å². The van der Waals surface area contributed by atoms with Gasteiger partial charge in [0.2, 0.25) is 15.9 Å². The molecule has 1 amide bonds. The summed E-state index contributed by atoms with van der Waals surface area (Å²) in [6.07, 6.45) is 6.24. The molecule has 198 valence electrons. The minimum absolute atomic E-state index is 0.0405. The first-order valence-corrected chi connectivity index (χ1v) is 13.3. The van der Waals surface area contributed by atoms with Gasteiger partial charge in [0, 0.05) is 31.9 Å². The molecule has 36 heavy (non-hydrogen) atoms. The second kappa shape index (κ2) is 12.3. The topological polar surface area (TPSA) is 175 Å². The van der Waals surface area contributed by atoms with Crippen LogP contribution in [0.1, 0.15) is 42.4 Å². The average molecular weight is 523 g/mol. The van der Waals surface area contributed by atoms with Crippen molar-refractivity contribution in [3.05, 3.63) is 41.2 Å². The lowest BCUT2D eigenvalue weighted by Gasteiger charge is -2.19. The predicted octanol–water partition coefficient (Wildman–Crippen LogP) is 1.13. The average Bonchev–Trinajstić information content (AvgIpc) is 3.47. The van der Waals surface area contributed by atoms with E-state index in [1.807, 2.05) is 6.92 Å². The Morgan fingerprint density at radius 1 is 1.22 bits per heavy atom. The van der Waals surface area contributed by atoms with Crippen molar-refractivity contribution in [1.29, 1.82) is 0 Å². The third kappa shape index (κ3) is 7.50. The zero-order valence-corrected chi connectivity index (χ0v) is 21.4. The molecule has 6 N–H and O–H groups in total. The van der Waals surface area contributed by atoms with Crippen LogP contribution in [-0.2, 0) is 24.4 Å². The van der Waals surface area contributed by atoms with E-state index in [9.17, 15) is 23.1 Å². The van der Waals surface area contributed by atoms with Crippen LogP contribution in [0, 0.1) is 20.8 Å². The Hall–Kier alpha value is -3.00. The number of nitrogens with one attached hydrogen (secondary N) is 5. The van der Waals surface area contributed by atoms with Crippen molar-refractivity contribution >= 4 is 27.8 Å². The van der Waals surface area contributed by atoms with Crippen molar-refractivity contribution < 1.29 is 28.0 Å². The molecule has 13 heteroatoms. The number of nitrogens with zero attached hydrogens (tertiary/aromatic N) is 1. The lowest BCUT2D eigenvalue weighted by Crippen LogP contribution is -2.51. The third-order valence-electron chi connectivity index (χ3n) is 5.88. The lowest BCUT2D eigenvalue weighted by molar-refractivity contribution is -0.139. The summed E-state index contributed by atoms with van der Waals surface area (Å²) in [6, 6.07) is 1.26. The first kappa shape index (κ1) is 27.6. The number of benzene rings is 1. The van der Waals surface area contributed by atoms with Gasteiger partial charge < -0.3 is 20.7 Å². The monoisotopic (exact) mass is 522 g/mol. The number of carboxylic acids is 1. The second-order valence-electron chi connectivity index (χ2n) is 8.99. The van der Waals surface area contributed by atoms with Crippen LogP contribution < -0.4 is 20.8 Å². The maximum absolute atomic E-state index is 12.9. The molecule has 1 aromatic carbocycles. The Balaban J connectivity index is 1.45. The molecular weight excluding hydrogens is 488 g/mol. The number of aryl methyl sites for hydroxylation is 3. The van der Waals surface area contributed by atoms with Crippen molar-refractivity contribution in [3.63, 3.8) is 0 Å². The van der Waals surface area contributed by atoms with Crippen LogP contribution in [0.25, 0.3) is 0 Å². The highest BCUT2D eigenvalue weighted by atomic mass is 32.2. The van der Waals surface area contributed by atoms with Crippen molar-refractivity contribution in [2.24, 2.45) is 0 Å². The number of carboxylic acid groups (broad SMARTS) is 1. The number of carbonyl (C=O) groups is 2. The third-order valence-corrected chi connectivity index (χ3v) is 7.66. The van der Waals surface area contributed by atoms with Gasteiger partial charge in [-0.05, 0) is 51.2 Å². The molecule has 0 aliphatic carbocycles. The van der Waals surface area contributed by atoms with E-state index in [4.69, 9.17) is 4.84 Å². The van der Waals surface area contributed by atoms with Crippen LogP contribution in [0.3, 0.4) is 0 Å². The van der Waals surface area contributed by atoms with Crippen molar-refractivity contribution in [3.8, 4) is 0 Å². The number of aromatic amines is 1. The van der Waals surface area contributed by atoms with Gasteiger partial charge in [0.1, 0.15) is 12.1 Å². The first-order chi connectivity index (χ1) is 17.1. The van der Waals surface area contributed by atoms with Crippen LogP contribution in [0.2, 0.25) is 0 Å². The molecule has 1 saturated heterocycles. The van der Waals surface area contributed by atoms with Crippen LogP contribution in [0.4, 0.5) is 5.95 Å². The minimum Gasteiger partial charge on any atom is -0.480 e. The Morgan fingerprint density at radius 3 is 2.58 bits per heavy atom. The number of unbranched alkanes of at least 4 members (excludes halogenated alkanes) is 1. The molecule has 2 unspecified atom stereocenters. The van der Waals surface area contributed by atoms with Crippen LogP contribution in [0.15, 0.2) is 29.4 Å². The van der Waals surface area contributed by atoms with Crippen molar-refractivity contribution in [1.82, 2.24) is 25.5 Å². The number of sulfonamides is 1. The molecule has 12 nitrogen and oxygen atoms in total. The van der Waals surface area contributed by atoms with Crippen molar-refractivity contribution in [2.75, 3.05) is 18.4 Å². The molecule has 2 heterocycles. The number of hydrogen-bond acceptors (Lipinski definition) is 8. The van der Waals surface area contributed by atoms with Gasteiger partial charge in [-0.25, -0.2) is 13.4 Å². The van der Waals surface area contributed by atoms with Crippen molar-refractivity contribution in [2.45, 2.75) is 69.5 Å². The number of amides is 1. The maximum atomic E-state index is 12.9. The molecule has 1 aromatic heterocycles. The molecular formula is C23H34N6O6S. The zero-order valence-electron chi connectivity index (χ0n) is 20.6. The highest BCUT2D eigenvalue weighted by Gasteiger charge is 2.32. The zero-order chi connectivity index (χ0) is 26.3. The quantitative estimate of drug-likeness (QED) is 0.211. The minimum atomic E-state index is -4.12. The van der Waals surface area contributed by atoms with E-state index in [-0.39, 0.29) is 11.0 Å². The maximum Gasteiger partial charge on any atom is 0.323 e. The number of hydroxylamine groups is 1. The number of aliphatic carboxylic acids is 1. The normalized spacial score (nSPS) is 18.6. The molecule has 0 spiro atoms. The fourth-order valence-electron chi connectivity index (χ4n) is 4.28. The number of imidazole rings is 1. The number of anilines is 1. The fraction of sp³-hybridized carbons (Fsp3) is 0.522. The van der Waals surface area contributed by atoms with Gasteiger partial charge in [-0.3, -0.25) is 14.4 Å². The molecule has 3 atom stereocenters. The highest BCUT2D eigenvalue weighted by molar-refractivity contribution is 7.89. The molecule has 1 aliphatic rings. The van der Waals surface area contributed by atoms with E-state index >= 15 is 0 Å². The Labute approximate surface area is 210 Å². The summed E-state index contributed by atoms with van der Waals surface area (Å²) in [5.74, 6) is -1.13. The van der Waals surface area contributed by atoms with E-state index in [0.29, 0.717) is 17.5 Å². The summed E-state index contributed by atoms with van der Waals surface area (Å²) < 4.78 is 28.1. The smallest absolute Gasteiger partial charge is 0.323 e. The Kier molecular flexibility index (Phi) is 9.43. The van der Waals surface area contributed by atoms with E-state index in [0.717, 1.165) is 37.3 Å². The fourth-order valence-corrected chi connectivity index (χ4v) is 5.92. The van der Waals surface area contributed by atoms with Gasteiger partial charge in [-0.2, -0.15) is 10.2 Å². The van der Waals surface area contributed by atoms with Gasteiger partial charge >= 0.3 is 5.97 Å². The molecule has 0 radical (unpaired) electrons. The molecule has 1 aliphatic heterocycles. The Bertz CT molecular complexity index is 1130. The van der Waals surface area contributed by atoms with Crippen LogP contribution >= 0.6 is 0 Å². The number of H-pyrrole nitrogens is 1. The number of carbonyl (C=O) groups excluding carboxylic acids is 1. The number of hydrogen-bond donors (Lipinski definition) is 6. The van der Waals surface area contributed by atoms with Gasteiger partial charge in [0.15, 0.2) is 5.95 Å². The lowest BCUT2D eigenvalue weighted by atomic mass is 10.1. The summed E-state index contributed by atoms with van der Waals surface area (Å²) >= 11 is 0. The van der Waals surface area contributed by atoms with Gasteiger partial charge in [-0.1, -0.05) is 17.7 Å². The molecule has 1 fully saturated rings. The van der Waals surface area contributed by atoms with Gasteiger partial charge in [-0.15, -0.1) is 0 Å². The summed E-state index contributed by atoms with van der Waals surface area (Å²) in [5.41, 5.74) is 4.63.